The van der Waals surface area contributed by atoms with Gasteiger partial charge in [0.2, 0.25) is 5.95 Å². The van der Waals surface area contributed by atoms with Crippen LogP contribution in [0.15, 0.2) is 36.7 Å². The van der Waals surface area contributed by atoms with Gasteiger partial charge in [-0.25, -0.2) is 9.97 Å². The zero-order valence-electron chi connectivity index (χ0n) is 10.1. The Morgan fingerprint density at radius 3 is 2.55 bits per heavy atom. The summed E-state index contributed by atoms with van der Waals surface area (Å²) in [5, 5.41) is 13.4. The largest absolute Gasteiger partial charge is 0.318 e. The van der Waals surface area contributed by atoms with Crippen LogP contribution in [0.4, 0.5) is 17.3 Å². The molecule has 0 radical (unpaired) electrons. The van der Waals surface area contributed by atoms with Crippen molar-refractivity contribution in [1.29, 1.82) is 0 Å². The van der Waals surface area contributed by atoms with Gasteiger partial charge in [0.25, 0.3) is 5.91 Å². The van der Waals surface area contributed by atoms with Crippen LogP contribution in [-0.4, -0.2) is 20.8 Å². The van der Waals surface area contributed by atoms with Crippen LogP contribution < -0.4 is 16.6 Å². The molecule has 1 heterocycles. The number of nitro benzene ring substituents is 1. The van der Waals surface area contributed by atoms with Gasteiger partial charge in [0.15, 0.2) is 0 Å². The van der Waals surface area contributed by atoms with E-state index in [-0.39, 0.29) is 17.2 Å². The van der Waals surface area contributed by atoms with Gasteiger partial charge in [-0.05, 0) is 18.2 Å². The predicted molar refractivity (Wildman–Crippen MR) is 70.9 cm³/mol. The average Bonchev–Trinajstić information content (AvgIpc) is 2.47. The van der Waals surface area contributed by atoms with Gasteiger partial charge < -0.3 is 5.43 Å². The molecule has 0 aliphatic carbocycles. The van der Waals surface area contributed by atoms with E-state index in [2.05, 4.69) is 20.7 Å². The number of anilines is 2. The fourth-order valence-electron chi connectivity index (χ4n) is 1.57. The first-order chi connectivity index (χ1) is 9.63. The van der Waals surface area contributed by atoms with Crippen LogP contribution in [0.5, 0.6) is 0 Å². The van der Waals surface area contributed by atoms with E-state index < -0.39 is 16.5 Å². The molecule has 9 heteroatoms. The molecule has 102 valence electrons. The van der Waals surface area contributed by atoms with E-state index in [0.717, 1.165) is 0 Å². The molecule has 0 atom stereocenters. The number of nitrogens with two attached hydrogens (primary N) is 1. The maximum absolute atomic E-state index is 12.0. The number of aromatic nitrogens is 2. The molecule has 0 saturated heterocycles. The first-order valence-corrected chi connectivity index (χ1v) is 5.46. The highest BCUT2D eigenvalue weighted by atomic mass is 16.6. The van der Waals surface area contributed by atoms with E-state index >= 15 is 0 Å². The molecule has 0 fully saturated rings. The number of nitrogen functional groups attached to an aromatic ring is 1. The number of benzene rings is 1. The lowest BCUT2D eigenvalue weighted by molar-refractivity contribution is -0.384. The summed E-state index contributed by atoms with van der Waals surface area (Å²) in [4.78, 5) is 30.0. The van der Waals surface area contributed by atoms with Crippen molar-refractivity contribution in [2.24, 2.45) is 5.84 Å². The van der Waals surface area contributed by atoms with Crippen molar-refractivity contribution in [3.05, 3.63) is 52.3 Å². The Kier molecular flexibility index (Phi) is 3.82. The van der Waals surface area contributed by atoms with Crippen LogP contribution in [0, 0.1) is 10.1 Å². The third-order valence-electron chi connectivity index (χ3n) is 2.41. The Bertz CT molecular complexity index is 646. The number of rotatable bonds is 4. The zero-order valence-corrected chi connectivity index (χ0v) is 10.1. The summed E-state index contributed by atoms with van der Waals surface area (Å²) in [5.41, 5.74) is 1.67. The van der Waals surface area contributed by atoms with Gasteiger partial charge >= 0.3 is 5.69 Å². The zero-order chi connectivity index (χ0) is 14.5. The molecule has 0 aliphatic rings. The summed E-state index contributed by atoms with van der Waals surface area (Å²) < 4.78 is 0. The molecule has 4 N–H and O–H groups in total. The molecule has 1 aromatic heterocycles. The SMILES string of the molecule is NNc1cccc(C(=O)Nc2ncccn2)c1[N+](=O)[O-]. The molecule has 0 aliphatic heterocycles. The van der Waals surface area contributed by atoms with Crippen molar-refractivity contribution in [2.75, 3.05) is 10.7 Å². The number of nitro groups is 1. The van der Waals surface area contributed by atoms with Crippen LogP contribution in [0.1, 0.15) is 10.4 Å². The summed E-state index contributed by atoms with van der Waals surface area (Å²) in [7, 11) is 0. The highest BCUT2D eigenvalue weighted by molar-refractivity contribution is 6.07. The molecule has 2 rings (SSSR count). The molecule has 2 aromatic rings. The fourth-order valence-corrected chi connectivity index (χ4v) is 1.57. The van der Waals surface area contributed by atoms with Gasteiger partial charge in [-0.1, -0.05) is 6.07 Å². The number of amides is 1. The van der Waals surface area contributed by atoms with E-state index in [1.165, 1.54) is 30.6 Å². The van der Waals surface area contributed by atoms with E-state index in [9.17, 15) is 14.9 Å². The van der Waals surface area contributed by atoms with E-state index in [4.69, 9.17) is 5.84 Å². The van der Waals surface area contributed by atoms with Gasteiger partial charge in [0, 0.05) is 12.4 Å². The minimum atomic E-state index is -0.694. The number of hydrazine groups is 1. The molecular weight excluding hydrogens is 264 g/mol. The van der Waals surface area contributed by atoms with Crippen LogP contribution in [0.3, 0.4) is 0 Å². The Morgan fingerprint density at radius 1 is 1.25 bits per heavy atom. The van der Waals surface area contributed by atoms with Crippen molar-refractivity contribution in [3.8, 4) is 0 Å². The number of nitrogens with zero attached hydrogens (tertiary/aromatic N) is 3. The Labute approximate surface area is 113 Å². The molecular formula is C11H10N6O3. The summed E-state index contributed by atoms with van der Waals surface area (Å²) in [6.07, 6.45) is 2.88. The van der Waals surface area contributed by atoms with Gasteiger partial charge in [0.05, 0.1) is 4.92 Å². The molecule has 1 aromatic carbocycles. The van der Waals surface area contributed by atoms with Crippen molar-refractivity contribution < 1.29 is 9.72 Å². The summed E-state index contributed by atoms with van der Waals surface area (Å²) >= 11 is 0. The second-order valence-electron chi connectivity index (χ2n) is 3.63. The number of hydrogen-bond donors (Lipinski definition) is 3. The Morgan fingerprint density at radius 2 is 1.95 bits per heavy atom. The first-order valence-electron chi connectivity index (χ1n) is 5.46. The summed E-state index contributed by atoms with van der Waals surface area (Å²) in [6, 6.07) is 5.77. The second kappa shape index (κ2) is 5.71. The van der Waals surface area contributed by atoms with E-state index in [1.807, 2.05) is 0 Å². The quantitative estimate of drug-likeness (QED) is 0.428. The van der Waals surface area contributed by atoms with Crippen molar-refractivity contribution in [2.45, 2.75) is 0 Å². The number of hydrogen-bond acceptors (Lipinski definition) is 7. The molecule has 0 bridgehead atoms. The van der Waals surface area contributed by atoms with Gasteiger partial charge in [-0.2, -0.15) is 0 Å². The number of nitrogens with one attached hydrogen (secondary N) is 2. The van der Waals surface area contributed by atoms with Gasteiger partial charge in [-0.15, -0.1) is 0 Å². The molecule has 0 saturated carbocycles. The minimum absolute atomic E-state index is 0.0385. The molecule has 9 nitrogen and oxygen atoms in total. The predicted octanol–water partition coefficient (Wildman–Crippen LogP) is 0.923. The Hall–Kier alpha value is -3.07. The first kappa shape index (κ1) is 13.4. The highest BCUT2D eigenvalue weighted by Crippen LogP contribution is 2.28. The van der Waals surface area contributed by atoms with E-state index in [0.29, 0.717) is 0 Å². The van der Waals surface area contributed by atoms with Crippen molar-refractivity contribution in [1.82, 2.24) is 9.97 Å². The monoisotopic (exact) mass is 274 g/mol. The van der Waals surface area contributed by atoms with E-state index in [1.54, 1.807) is 6.07 Å². The molecule has 1 amide bonds. The normalized spacial score (nSPS) is 9.85. The lowest BCUT2D eigenvalue weighted by atomic mass is 10.1. The smallest absolute Gasteiger partial charge is 0.306 e. The second-order valence-corrected chi connectivity index (χ2v) is 3.63. The van der Waals surface area contributed by atoms with Crippen LogP contribution >= 0.6 is 0 Å². The van der Waals surface area contributed by atoms with Crippen molar-refractivity contribution >= 4 is 23.2 Å². The Balaban J connectivity index is 2.37. The summed E-state index contributed by atoms with van der Waals surface area (Å²) in [6.45, 7) is 0. The maximum atomic E-state index is 12.0. The molecule has 0 unspecified atom stereocenters. The number of para-hydroxylation sites is 1. The average molecular weight is 274 g/mol. The number of carbonyl (C=O) groups excluding carboxylic acids is 1. The van der Waals surface area contributed by atoms with Crippen LogP contribution in [0.25, 0.3) is 0 Å². The molecule has 20 heavy (non-hydrogen) atoms. The van der Waals surface area contributed by atoms with Gasteiger partial charge in [0.1, 0.15) is 11.3 Å². The molecule has 0 spiro atoms. The summed E-state index contributed by atoms with van der Waals surface area (Å²) in [5.74, 6) is 4.56. The topological polar surface area (TPSA) is 136 Å². The minimum Gasteiger partial charge on any atom is -0.318 e. The van der Waals surface area contributed by atoms with Crippen molar-refractivity contribution in [3.63, 3.8) is 0 Å². The fraction of sp³-hybridized carbons (Fsp3) is 0. The highest BCUT2D eigenvalue weighted by Gasteiger charge is 2.24. The number of carbonyl (C=O) groups is 1. The third kappa shape index (κ3) is 2.67. The maximum Gasteiger partial charge on any atom is 0.306 e. The third-order valence-corrected chi connectivity index (χ3v) is 2.41. The lowest BCUT2D eigenvalue weighted by Crippen LogP contribution is -2.17. The lowest BCUT2D eigenvalue weighted by Gasteiger charge is -2.07. The van der Waals surface area contributed by atoms with Crippen LogP contribution in [0.2, 0.25) is 0 Å². The van der Waals surface area contributed by atoms with Crippen LogP contribution in [-0.2, 0) is 0 Å². The van der Waals surface area contributed by atoms with Gasteiger partial charge in [-0.3, -0.25) is 26.1 Å². The standard InChI is InChI=1S/C11H10N6O3/c12-16-8-4-1-3-7(9(8)17(19)20)10(18)15-11-13-5-2-6-14-11/h1-6,16H,12H2,(H,13,14,15,18).